The first-order valence-corrected chi connectivity index (χ1v) is 13.3. The Kier molecular flexibility index (Phi) is 10.4. The van der Waals surface area contributed by atoms with Crippen LogP contribution in [0.5, 0.6) is 5.75 Å². The minimum absolute atomic E-state index is 0.0634. The average Bonchev–Trinajstić information content (AvgIpc) is 3.27. The van der Waals surface area contributed by atoms with E-state index in [9.17, 15) is 4.79 Å². The number of hydrogen-bond acceptors (Lipinski definition) is 5. The van der Waals surface area contributed by atoms with Gasteiger partial charge in [-0.15, -0.1) is 0 Å². The summed E-state index contributed by atoms with van der Waals surface area (Å²) in [7, 11) is 0. The summed E-state index contributed by atoms with van der Waals surface area (Å²) in [4.78, 5) is 15.8. The fourth-order valence-electron chi connectivity index (χ4n) is 4.58. The van der Waals surface area contributed by atoms with E-state index in [0.29, 0.717) is 42.6 Å². The molecule has 1 fully saturated rings. The Morgan fingerprint density at radius 3 is 2.89 bits per heavy atom. The van der Waals surface area contributed by atoms with E-state index in [1.54, 1.807) is 18.2 Å². The molecule has 3 N–H and O–H groups in total. The standard InChI is InChI=1S/C28H40ClN5O2/c1-5-6-9-16-36-27-12-11-23(29)19-24(27)28(35)33-15-8-7-10-26(33)25-18-22(4)34(32-25)21(3)17-20(2)31-14-13-30/h11-12,17-19,26,31H,2,5-10,13-16,30H2,1,3-4H3/b21-17-. The number of halogens is 1. The molecule has 36 heavy (non-hydrogen) atoms. The van der Waals surface area contributed by atoms with Gasteiger partial charge in [0.15, 0.2) is 0 Å². The molecule has 1 amide bonds. The number of nitrogens with zero attached hydrogens (tertiary/aromatic N) is 3. The maximum absolute atomic E-state index is 13.8. The van der Waals surface area contributed by atoms with E-state index in [-0.39, 0.29) is 11.9 Å². The summed E-state index contributed by atoms with van der Waals surface area (Å²) in [6.45, 7) is 12.7. The Labute approximate surface area is 220 Å². The van der Waals surface area contributed by atoms with Crippen LogP contribution in [0.4, 0.5) is 0 Å². The highest BCUT2D eigenvalue weighted by Crippen LogP contribution is 2.34. The molecule has 0 bridgehead atoms. The first-order chi connectivity index (χ1) is 17.3. The minimum atomic E-state index is -0.107. The molecule has 8 heteroatoms. The molecule has 0 saturated carbocycles. The molecule has 1 atom stereocenters. The lowest BCUT2D eigenvalue weighted by molar-refractivity contribution is 0.0601. The third kappa shape index (κ3) is 7.14. The van der Waals surface area contributed by atoms with Gasteiger partial charge in [0.1, 0.15) is 5.75 Å². The van der Waals surface area contributed by atoms with Gasteiger partial charge in [-0.25, -0.2) is 4.68 Å². The van der Waals surface area contributed by atoms with Crippen molar-refractivity contribution in [1.82, 2.24) is 20.0 Å². The topological polar surface area (TPSA) is 85.4 Å². The highest BCUT2D eigenvalue weighted by atomic mass is 35.5. The van der Waals surface area contributed by atoms with Gasteiger partial charge in [0, 0.05) is 41.7 Å². The molecule has 1 aliphatic rings. The number of hydrogen-bond donors (Lipinski definition) is 2. The van der Waals surface area contributed by atoms with Gasteiger partial charge in [-0.1, -0.05) is 37.9 Å². The molecule has 196 valence electrons. The molecule has 1 saturated heterocycles. The number of piperidine rings is 1. The number of likely N-dealkylation sites (tertiary alicyclic amines) is 1. The predicted molar refractivity (Wildman–Crippen MR) is 147 cm³/mol. The van der Waals surface area contributed by atoms with E-state index < -0.39 is 0 Å². The van der Waals surface area contributed by atoms with Crippen molar-refractivity contribution in [2.45, 2.75) is 65.3 Å². The maximum Gasteiger partial charge on any atom is 0.258 e. The van der Waals surface area contributed by atoms with Gasteiger partial charge in [-0.3, -0.25) is 4.79 Å². The number of ether oxygens (including phenoxy) is 1. The summed E-state index contributed by atoms with van der Waals surface area (Å²) in [5.74, 6) is 0.528. The molecule has 1 aromatic heterocycles. The summed E-state index contributed by atoms with van der Waals surface area (Å²) in [6.07, 6.45) is 7.99. The second-order valence-corrected chi connectivity index (χ2v) is 9.79. The zero-order chi connectivity index (χ0) is 26.1. The number of rotatable bonds is 12. The van der Waals surface area contributed by atoms with Gasteiger partial charge < -0.3 is 20.7 Å². The number of allylic oxidation sites excluding steroid dienone is 2. The number of unbranched alkanes of at least 4 members (excludes halogenated alkanes) is 2. The van der Waals surface area contributed by atoms with Crippen molar-refractivity contribution in [3.63, 3.8) is 0 Å². The smallest absolute Gasteiger partial charge is 0.258 e. The van der Waals surface area contributed by atoms with Crippen molar-refractivity contribution in [3.05, 3.63) is 64.6 Å². The number of carbonyl (C=O) groups excluding carboxylic acids is 1. The largest absolute Gasteiger partial charge is 0.493 e. The molecule has 3 rings (SSSR count). The zero-order valence-electron chi connectivity index (χ0n) is 21.9. The van der Waals surface area contributed by atoms with Gasteiger partial charge in [-0.2, -0.15) is 5.10 Å². The van der Waals surface area contributed by atoms with E-state index >= 15 is 0 Å². The quantitative estimate of drug-likeness (QED) is 0.280. The van der Waals surface area contributed by atoms with Crippen molar-refractivity contribution in [2.75, 3.05) is 26.2 Å². The fraction of sp³-hybridized carbons (Fsp3) is 0.500. The SMILES string of the molecule is C=C(/C=C(/C)n1nc(C2CCCCN2C(=O)c2cc(Cl)ccc2OCCCCC)cc1C)NCCN. The lowest BCUT2D eigenvalue weighted by Crippen LogP contribution is -2.39. The summed E-state index contributed by atoms with van der Waals surface area (Å²) in [5.41, 5.74) is 9.71. The highest BCUT2D eigenvalue weighted by molar-refractivity contribution is 6.31. The number of carbonyl (C=O) groups is 1. The lowest BCUT2D eigenvalue weighted by atomic mass is 9.98. The van der Waals surface area contributed by atoms with Crippen LogP contribution in [-0.2, 0) is 0 Å². The van der Waals surface area contributed by atoms with Crippen LogP contribution >= 0.6 is 11.6 Å². The Morgan fingerprint density at radius 1 is 1.33 bits per heavy atom. The molecular weight excluding hydrogens is 474 g/mol. The maximum atomic E-state index is 13.8. The lowest BCUT2D eigenvalue weighted by Gasteiger charge is -2.35. The van der Waals surface area contributed by atoms with E-state index in [0.717, 1.165) is 61.3 Å². The monoisotopic (exact) mass is 513 g/mol. The molecule has 2 aromatic rings. The summed E-state index contributed by atoms with van der Waals surface area (Å²) >= 11 is 6.30. The molecule has 2 heterocycles. The van der Waals surface area contributed by atoms with Gasteiger partial charge in [0.05, 0.1) is 23.9 Å². The number of benzene rings is 1. The van der Waals surface area contributed by atoms with Crippen LogP contribution in [0.2, 0.25) is 5.02 Å². The molecule has 1 aromatic carbocycles. The van der Waals surface area contributed by atoms with Crippen LogP contribution in [0.15, 0.2) is 42.6 Å². The summed E-state index contributed by atoms with van der Waals surface area (Å²) in [5, 5.41) is 8.61. The van der Waals surface area contributed by atoms with E-state index in [1.807, 2.05) is 29.5 Å². The Bertz CT molecular complexity index is 1080. The van der Waals surface area contributed by atoms with Crippen molar-refractivity contribution in [3.8, 4) is 5.75 Å². The van der Waals surface area contributed by atoms with Gasteiger partial charge in [0.2, 0.25) is 0 Å². The number of amides is 1. The van der Waals surface area contributed by atoms with Crippen LogP contribution in [0.25, 0.3) is 5.70 Å². The summed E-state index contributed by atoms with van der Waals surface area (Å²) in [6, 6.07) is 7.27. The number of aromatic nitrogens is 2. The van der Waals surface area contributed by atoms with E-state index in [2.05, 4.69) is 24.9 Å². The molecule has 7 nitrogen and oxygen atoms in total. The van der Waals surface area contributed by atoms with Crippen LogP contribution < -0.4 is 15.8 Å². The normalized spacial score (nSPS) is 16.2. The van der Waals surface area contributed by atoms with E-state index in [1.165, 1.54) is 0 Å². The van der Waals surface area contributed by atoms with Crippen molar-refractivity contribution in [1.29, 1.82) is 0 Å². The number of aryl methyl sites for hydroxylation is 1. The zero-order valence-corrected chi connectivity index (χ0v) is 22.6. The number of nitrogens with one attached hydrogen (secondary N) is 1. The Morgan fingerprint density at radius 2 is 2.14 bits per heavy atom. The predicted octanol–water partition coefficient (Wildman–Crippen LogP) is 5.70. The molecule has 1 aliphatic heterocycles. The second kappa shape index (κ2) is 13.5. The van der Waals surface area contributed by atoms with Crippen LogP contribution in [0, 0.1) is 6.92 Å². The van der Waals surface area contributed by atoms with E-state index in [4.69, 9.17) is 27.2 Å². The van der Waals surface area contributed by atoms with Gasteiger partial charge in [-0.05, 0) is 69.9 Å². The molecule has 0 spiro atoms. The van der Waals surface area contributed by atoms with Crippen molar-refractivity contribution < 1.29 is 9.53 Å². The second-order valence-electron chi connectivity index (χ2n) is 9.35. The Balaban J connectivity index is 1.85. The van der Waals surface area contributed by atoms with Crippen LogP contribution in [0.3, 0.4) is 0 Å². The fourth-order valence-corrected chi connectivity index (χ4v) is 4.75. The van der Waals surface area contributed by atoms with Crippen molar-refractivity contribution >= 4 is 23.2 Å². The van der Waals surface area contributed by atoms with Gasteiger partial charge >= 0.3 is 0 Å². The van der Waals surface area contributed by atoms with Gasteiger partial charge in [0.25, 0.3) is 5.91 Å². The molecule has 0 radical (unpaired) electrons. The Hall–Kier alpha value is -2.77. The minimum Gasteiger partial charge on any atom is -0.493 e. The van der Waals surface area contributed by atoms with Crippen molar-refractivity contribution in [2.24, 2.45) is 5.73 Å². The first-order valence-electron chi connectivity index (χ1n) is 13.0. The third-order valence-electron chi connectivity index (χ3n) is 6.40. The molecule has 1 unspecified atom stereocenters. The molecular formula is C28H40ClN5O2. The highest BCUT2D eigenvalue weighted by Gasteiger charge is 2.32. The van der Waals surface area contributed by atoms with Crippen LogP contribution in [0.1, 0.15) is 80.2 Å². The summed E-state index contributed by atoms with van der Waals surface area (Å²) < 4.78 is 7.92. The average molecular weight is 514 g/mol. The van der Waals surface area contributed by atoms with Crippen LogP contribution in [-0.4, -0.2) is 46.8 Å². The first kappa shape index (κ1) is 27.8. The number of nitrogens with two attached hydrogens (primary N) is 1. The third-order valence-corrected chi connectivity index (χ3v) is 6.64. The molecule has 0 aliphatic carbocycles.